The predicted molar refractivity (Wildman–Crippen MR) is 113 cm³/mol. The van der Waals surface area contributed by atoms with Crippen LogP contribution in [0.2, 0.25) is 0 Å². The van der Waals surface area contributed by atoms with Gasteiger partial charge in [0.25, 0.3) is 0 Å². The van der Waals surface area contributed by atoms with Gasteiger partial charge in [0.2, 0.25) is 0 Å². The number of hydrogen-bond donors (Lipinski definition) is 0. The van der Waals surface area contributed by atoms with Crippen molar-refractivity contribution in [3.05, 3.63) is 36.0 Å². The Morgan fingerprint density at radius 3 is 2.75 bits per heavy atom. The number of fused-ring (bicyclic) bond motifs is 1. The first kappa shape index (κ1) is 20.5. The molecule has 0 aliphatic rings. The number of rotatable bonds is 9. The molecule has 0 bridgehead atoms. The highest BCUT2D eigenvalue weighted by Gasteiger charge is 2.17. The van der Waals surface area contributed by atoms with Crippen LogP contribution in [0.15, 0.2) is 35.6 Å². The molecule has 0 amide bonds. The van der Waals surface area contributed by atoms with Crippen LogP contribution in [0.25, 0.3) is 16.9 Å². The fraction of sp³-hybridized carbons (Fsp3) is 0.429. The third-order valence-corrected chi connectivity index (χ3v) is 5.31. The Hall–Kier alpha value is -2.25. The summed E-state index contributed by atoms with van der Waals surface area (Å²) >= 11 is 1.58. The van der Waals surface area contributed by atoms with Crippen LogP contribution in [0.4, 0.5) is 0 Å². The number of methoxy groups -OCH3 is 1. The van der Waals surface area contributed by atoms with Gasteiger partial charge in [-0.2, -0.15) is 0 Å². The summed E-state index contributed by atoms with van der Waals surface area (Å²) in [5.74, 6) is 2.41. The van der Waals surface area contributed by atoms with Crippen molar-refractivity contribution in [2.45, 2.75) is 38.5 Å². The van der Waals surface area contributed by atoms with Gasteiger partial charge >= 0.3 is 0 Å². The van der Waals surface area contributed by atoms with Crippen molar-refractivity contribution in [2.24, 2.45) is 0 Å². The van der Waals surface area contributed by atoms with Gasteiger partial charge in [0, 0.05) is 17.8 Å². The van der Waals surface area contributed by atoms with Gasteiger partial charge < -0.3 is 14.2 Å². The van der Waals surface area contributed by atoms with Crippen molar-refractivity contribution in [1.82, 2.24) is 14.5 Å². The Morgan fingerprint density at radius 2 is 2.04 bits per heavy atom. The zero-order chi connectivity index (χ0) is 20.1. The van der Waals surface area contributed by atoms with Crippen LogP contribution in [0.1, 0.15) is 25.8 Å². The lowest BCUT2D eigenvalue weighted by Gasteiger charge is -2.15. The maximum absolute atomic E-state index is 5.97. The smallest absolute Gasteiger partial charge is 0.174 e. The van der Waals surface area contributed by atoms with Gasteiger partial charge in [-0.05, 0) is 44.7 Å². The molecule has 2 aromatic heterocycles. The van der Waals surface area contributed by atoms with E-state index in [1.165, 1.54) is 0 Å². The zero-order valence-electron chi connectivity index (χ0n) is 17.1. The van der Waals surface area contributed by atoms with Crippen LogP contribution in [0.5, 0.6) is 11.5 Å². The Morgan fingerprint density at radius 1 is 1.21 bits per heavy atom. The van der Waals surface area contributed by atoms with Crippen LogP contribution in [0, 0.1) is 6.92 Å². The monoisotopic (exact) mass is 401 g/mol. The SMILES string of the molecule is CCC(C)OCCOc1ccnc(-n2c(SC)nc3cc(OC)ccc32)c1C. The molecule has 1 aromatic carbocycles. The van der Waals surface area contributed by atoms with Gasteiger partial charge in [-0.25, -0.2) is 9.97 Å². The summed E-state index contributed by atoms with van der Waals surface area (Å²) in [5.41, 5.74) is 2.83. The maximum Gasteiger partial charge on any atom is 0.174 e. The number of pyridine rings is 1. The number of ether oxygens (including phenoxy) is 3. The van der Waals surface area contributed by atoms with E-state index in [-0.39, 0.29) is 6.10 Å². The maximum atomic E-state index is 5.97. The molecule has 3 rings (SSSR count). The van der Waals surface area contributed by atoms with Crippen molar-refractivity contribution < 1.29 is 14.2 Å². The molecular weight excluding hydrogens is 374 g/mol. The van der Waals surface area contributed by atoms with E-state index in [0.29, 0.717) is 13.2 Å². The lowest BCUT2D eigenvalue weighted by Crippen LogP contribution is -2.14. The van der Waals surface area contributed by atoms with Crippen molar-refractivity contribution in [1.29, 1.82) is 0 Å². The molecule has 1 unspecified atom stereocenters. The third kappa shape index (κ3) is 4.25. The lowest BCUT2D eigenvalue weighted by molar-refractivity contribution is 0.0425. The fourth-order valence-corrected chi connectivity index (χ4v) is 3.47. The molecule has 1 atom stereocenters. The number of benzene rings is 1. The van der Waals surface area contributed by atoms with Gasteiger partial charge in [0.05, 0.1) is 30.9 Å². The van der Waals surface area contributed by atoms with Crippen LogP contribution in [0.3, 0.4) is 0 Å². The molecule has 6 nitrogen and oxygen atoms in total. The molecule has 0 fully saturated rings. The first-order valence-corrected chi connectivity index (χ1v) is 10.6. The molecule has 0 N–H and O–H groups in total. The normalized spacial score (nSPS) is 12.3. The molecule has 0 aliphatic carbocycles. The minimum atomic E-state index is 0.246. The summed E-state index contributed by atoms with van der Waals surface area (Å²) in [4.78, 5) is 9.36. The Bertz CT molecular complexity index is 942. The van der Waals surface area contributed by atoms with E-state index in [2.05, 4.69) is 23.4 Å². The minimum Gasteiger partial charge on any atom is -0.497 e. The summed E-state index contributed by atoms with van der Waals surface area (Å²) in [7, 11) is 1.66. The number of imidazole rings is 1. The van der Waals surface area contributed by atoms with E-state index < -0.39 is 0 Å². The van der Waals surface area contributed by atoms with E-state index in [9.17, 15) is 0 Å². The average molecular weight is 402 g/mol. The third-order valence-electron chi connectivity index (χ3n) is 4.67. The second-order valence-electron chi connectivity index (χ2n) is 6.48. The van der Waals surface area contributed by atoms with Crippen LogP contribution >= 0.6 is 11.8 Å². The average Bonchev–Trinajstić information content (AvgIpc) is 3.09. The molecule has 0 spiro atoms. The van der Waals surface area contributed by atoms with E-state index in [1.54, 1.807) is 25.1 Å². The van der Waals surface area contributed by atoms with Crippen LogP contribution in [-0.4, -0.2) is 47.2 Å². The minimum absolute atomic E-state index is 0.246. The molecule has 0 aliphatic heterocycles. The summed E-state index contributed by atoms with van der Waals surface area (Å²) < 4.78 is 19.1. The first-order chi connectivity index (χ1) is 13.6. The number of nitrogens with zero attached hydrogens (tertiary/aromatic N) is 3. The van der Waals surface area contributed by atoms with E-state index in [4.69, 9.17) is 19.2 Å². The fourth-order valence-electron chi connectivity index (χ4n) is 2.91. The Labute approximate surface area is 170 Å². The van der Waals surface area contributed by atoms with Crippen molar-refractivity contribution in [2.75, 3.05) is 26.6 Å². The second kappa shape index (κ2) is 9.30. The largest absolute Gasteiger partial charge is 0.497 e. The zero-order valence-corrected chi connectivity index (χ0v) is 17.9. The van der Waals surface area contributed by atoms with E-state index in [1.807, 2.05) is 37.4 Å². The second-order valence-corrected chi connectivity index (χ2v) is 7.26. The number of hydrogen-bond acceptors (Lipinski definition) is 6. The van der Waals surface area contributed by atoms with Gasteiger partial charge in [-0.15, -0.1) is 0 Å². The van der Waals surface area contributed by atoms with Gasteiger partial charge in [0.1, 0.15) is 23.9 Å². The van der Waals surface area contributed by atoms with Gasteiger partial charge in [-0.3, -0.25) is 4.57 Å². The van der Waals surface area contributed by atoms with Crippen molar-refractivity contribution in [3.8, 4) is 17.3 Å². The van der Waals surface area contributed by atoms with Crippen LogP contribution in [-0.2, 0) is 4.74 Å². The van der Waals surface area contributed by atoms with Crippen molar-refractivity contribution in [3.63, 3.8) is 0 Å². The van der Waals surface area contributed by atoms with Gasteiger partial charge in [0.15, 0.2) is 5.16 Å². The predicted octanol–water partition coefficient (Wildman–Crippen LogP) is 4.65. The molecule has 0 radical (unpaired) electrons. The van der Waals surface area contributed by atoms with Crippen LogP contribution < -0.4 is 9.47 Å². The molecule has 28 heavy (non-hydrogen) atoms. The highest BCUT2D eigenvalue weighted by atomic mass is 32.2. The summed E-state index contributed by atoms with van der Waals surface area (Å²) in [6.45, 7) is 7.27. The number of aromatic nitrogens is 3. The first-order valence-electron chi connectivity index (χ1n) is 9.39. The lowest BCUT2D eigenvalue weighted by atomic mass is 10.2. The number of thioether (sulfide) groups is 1. The van der Waals surface area contributed by atoms with E-state index in [0.717, 1.165) is 45.5 Å². The molecule has 0 saturated heterocycles. The molecular formula is C21H27N3O3S. The van der Waals surface area contributed by atoms with E-state index >= 15 is 0 Å². The summed E-state index contributed by atoms with van der Waals surface area (Å²) in [6.07, 6.45) is 5.02. The summed E-state index contributed by atoms with van der Waals surface area (Å²) in [5, 5.41) is 0.871. The Kier molecular flexibility index (Phi) is 6.80. The molecule has 150 valence electrons. The highest BCUT2D eigenvalue weighted by molar-refractivity contribution is 7.98. The molecule has 3 aromatic rings. The highest BCUT2D eigenvalue weighted by Crippen LogP contribution is 2.31. The molecule has 7 heteroatoms. The summed E-state index contributed by atoms with van der Waals surface area (Å²) in [6, 6.07) is 7.78. The molecule has 2 heterocycles. The molecule has 0 saturated carbocycles. The Balaban J connectivity index is 1.91. The quantitative estimate of drug-likeness (QED) is 0.384. The standard InChI is InChI=1S/C21H27N3O3S/c1-6-14(2)26-11-12-27-19-9-10-22-20(15(19)3)24-18-8-7-16(25-4)13-17(18)23-21(24)28-5/h7-10,13-14H,6,11-12H2,1-5H3. The van der Waals surface area contributed by atoms with Gasteiger partial charge in [-0.1, -0.05) is 18.7 Å². The topological polar surface area (TPSA) is 58.4 Å². The van der Waals surface area contributed by atoms with Crippen molar-refractivity contribution >= 4 is 22.8 Å².